The largest absolute Gasteiger partial charge is 0.495 e. The van der Waals surface area contributed by atoms with E-state index in [0.29, 0.717) is 22.8 Å². The Morgan fingerprint density at radius 2 is 1.95 bits per heavy atom. The third-order valence-electron chi connectivity index (χ3n) is 2.74. The average molecular weight is 306 g/mol. The maximum Gasteiger partial charge on any atom is 0.419 e. The van der Waals surface area contributed by atoms with Crippen molar-refractivity contribution in [3.05, 3.63) is 51.5 Å². The molecule has 2 aromatic rings. The van der Waals surface area contributed by atoms with E-state index in [2.05, 4.69) is 0 Å². The van der Waals surface area contributed by atoms with Crippen molar-refractivity contribution in [1.29, 1.82) is 0 Å². The molecule has 1 unspecified atom stereocenters. The van der Waals surface area contributed by atoms with Crippen LogP contribution in [0, 0.1) is 5.82 Å². The first-order valence-electron chi connectivity index (χ1n) is 5.50. The predicted octanol–water partition coefficient (Wildman–Crippen LogP) is 4.00. The SMILES string of the molecule is COc1ccsc1C(O)c1ccc(C(F)(F)F)c(F)c1. The van der Waals surface area contributed by atoms with Crippen molar-refractivity contribution >= 4 is 11.3 Å². The summed E-state index contributed by atoms with van der Waals surface area (Å²) in [4.78, 5) is 0.409. The van der Waals surface area contributed by atoms with E-state index >= 15 is 0 Å². The summed E-state index contributed by atoms with van der Waals surface area (Å²) < 4.78 is 55.8. The molecule has 0 bridgehead atoms. The minimum atomic E-state index is -4.76. The second-order valence-corrected chi connectivity index (χ2v) is 4.94. The quantitative estimate of drug-likeness (QED) is 0.869. The van der Waals surface area contributed by atoms with Gasteiger partial charge in [0.25, 0.3) is 0 Å². The van der Waals surface area contributed by atoms with Gasteiger partial charge in [-0.1, -0.05) is 6.07 Å². The number of thiophene rings is 1. The molecule has 1 aromatic carbocycles. The van der Waals surface area contributed by atoms with Crippen LogP contribution in [0.4, 0.5) is 17.6 Å². The van der Waals surface area contributed by atoms with Gasteiger partial charge < -0.3 is 9.84 Å². The molecule has 2 nitrogen and oxygen atoms in total. The van der Waals surface area contributed by atoms with Crippen LogP contribution in [-0.4, -0.2) is 12.2 Å². The first-order valence-corrected chi connectivity index (χ1v) is 6.38. The van der Waals surface area contributed by atoms with Gasteiger partial charge in [0, 0.05) is 0 Å². The number of ether oxygens (including phenoxy) is 1. The van der Waals surface area contributed by atoms with Gasteiger partial charge in [-0.3, -0.25) is 0 Å². The van der Waals surface area contributed by atoms with E-state index in [0.717, 1.165) is 6.07 Å². The number of methoxy groups -OCH3 is 1. The molecule has 0 spiro atoms. The van der Waals surface area contributed by atoms with Crippen molar-refractivity contribution in [2.75, 3.05) is 7.11 Å². The normalized spacial score (nSPS) is 13.3. The summed E-state index contributed by atoms with van der Waals surface area (Å²) in [5, 5.41) is 11.8. The van der Waals surface area contributed by atoms with Gasteiger partial charge in [0.15, 0.2) is 0 Å². The van der Waals surface area contributed by atoms with Crippen LogP contribution in [0.2, 0.25) is 0 Å². The molecule has 0 aliphatic carbocycles. The van der Waals surface area contributed by atoms with Gasteiger partial charge >= 0.3 is 6.18 Å². The number of alkyl halides is 3. The first kappa shape index (κ1) is 14.8. The molecule has 1 aromatic heterocycles. The van der Waals surface area contributed by atoms with Crippen LogP contribution >= 0.6 is 11.3 Å². The Morgan fingerprint density at radius 3 is 2.50 bits per heavy atom. The molecular weight excluding hydrogens is 296 g/mol. The highest BCUT2D eigenvalue weighted by atomic mass is 32.1. The minimum Gasteiger partial charge on any atom is -0.495 e. The summed E-state index contributed by atoms with van der Waals surface area (Å²) in [5.41, 5.74) is -1.32. The van der Waals surface area contributed by atoms with E-state index in [1.807, 2.05) is 0 Å². The Balaban J connectivity index is 2.37. The van der Waals surface area contributed by atoms with E-state index in [4.69, 9.17) is 4.74 Å². The van der Waals surface area contributed by atoms with Gasteiger partial charge in [-0.2, -0.15) is 13.2 Å². The van der Waals surface area contributed by atoms with Crippen molar-refractivity contribution in [3.63, 3.8) is 0 Å². The molecule has 0 radical (unpaired) electrons. The highest BCUT2D eigenvalue weighted by molar-refractivity contribution is 7.10. The number of aliphatic hydroxyl groups is 1. The lowest BCUT2D eigenvalue weighted by molar-refractivity contribution is -0.140. The summed E-state index contributed by atoms with van der Waals surface area (Å²) in [6, 6.07) is 3.97. The molecule has 0 amide bonds. The number of rotatable bonds is 3. The molecule has 2 rings (SSSR count). The fourth-order valence-electron chi connectivity index (χ4n) is 1.76. The topological polar surface area (TPSA) is 29.5 Å². The fraction of sp³-hybridized carbons (Fsp3) is 0.231. The minimum absolute atomic E-state index is 0.0382. The van der Waals surface area contributed by atoms with Gasteiger partial charge in [0.2, 0.25) is 0 Å². The van der Waals surface area contributed by atoms with E-state index in [1.54, 1.807) is 11.4 Å². The third-order valence-corrected chi connectivity index (χ3v) is 3.69. The number of hydrogen-bond acceptors (Lipinski definition) is 3. The van der Waals surface area contributed by atoms with E-state index in [9.17, 15) is 22.7 Å². The third kappa shape index (κ3) is 2.78. The van der Waals surface area contributed by atoms with E-state index in [1.165, 1.54) is 18.4 Å². The molecule has 1 heterocycles. The number of aliphatic hydroxyl groups excluding tert-OH is 1. The van der Waals surface area contributed by atoms with Crippen molar-refractivity contribution in [2.24, 2.45) is 0 Å². The molecule has 1 atom stereocenters. The molecule has 0 fully saturated rings. The van der Waals surface area contributed by atoms with Crippen LogP contribution in [0.1, 0.15) is 22.1 Å². The number of halogens is 4. The van der Waals surface area contributed by atoms with Crippen LogP contribution in [-0.2, 0) is 6.18 Å². The lowest BCUT2D eigenvalue weighted by Gasteiger charge is -2.14. The first-order chi connectivity index (χ1) is 9.34. The Labute approximate surface area is 116 Å². The van der Waals surface area contributed by atoms with Crippen LogP contribution in [0.15, 0.2) is 29.6 Å². The summed E-state index contributed by atoms with van der Waals surface area (Å²) in [6.45, 7) is 0. The molecule has 0 saturated heterocycles. The summed E-state index contributed by atoms with van der Waals surface area (Å²) in [5.74, 6) is -1.01. The van der Waals surface area contributed by atoms with Crippen LogP contribution in [0.5, 0.6) is 5.75 Å². The Bertz CT molecular complexity index is 607. The van der Waals surface area contributed by atoms with Gasteiger partial charge in [-0.05, 0) is 29.1 Å². The van der Waals surface area contributed by atoms with Crippen molar-refractivity contribution < 1.29 is 27.4 Å². The van der Waals surface area contributed by atoms with Crippen molar-refractivity contribution in [2.45, 2.75) is 12.3 Å². The predicted molar refractivity (Wildman–Crippen MR) is 66.3 cm³/mol. The van der Waals surface area contributed by atoms with Crippen LogP contribution < -0.4 is 4.74 Å². The second-order valence-electron chi connectivity index (χ2n) is 3.99. The summed E-state index contributed by atoms with van der Waals surface area (Å²) in [6.07, 6.45) is -5.99. The molecule has 20 heavy (non-hydrogen) atoms. The summed E-state index contributed by atoms with van der Waals surface area (Å²) >= 11 is 1.17. The zero-order chi connectivity index (χ0) is 14.9. The molecule has 0 aliphatic rings. The lowest BCUT2D eigenvalue weighted by Crippen LogP contribution is -2.09. The second kappa shape index (κ2) is 5.41. The Hall–Kier alpha value is -1.60. The molecule has 1 N–H and O–H groups in total. The lowest BCUT2D eigenvalue weighted by atomic mass is 10.0. The van der Waals surface area contributed by atoms with E-state index < -0.39 is 23.7 Å². The van der Waals surface area contributed by atoms with Crippen LogP contribution in [0.25, 0.3) is 0 Å². The van der Waals surface area contributed by atoms with Gasteiger partial charge in [0.1, 0.15) is 17.7 Å². The fourth-order valence-corrected chi connectivity index (χ4v) is 2.63. The van der Waals surface area contributed by atoms with Crippen molar-refractivity contribution in [1.82, 2.24) is 0 Å². The zero-order valence-corrected chi connectivity index (χ0v) is 11.1. The highest BCUT2D eigenvalue weighted by Gasteiger charge is 2.34. The average Bonchev–Trinajstić information content (AvgIpc) is 2.84. The number of benzene rings is 1. The van der Waals surface area contributed by atoms with Gasteiger partial charge in [-0.15, -0.1) is 11.3 Å². The number of hydrogen-bond donors (Lipinski definition) is 1. The van der Waals surface area contributed by atoms with E-state index in [-0.39, 0.29) is 5.56 Å². The van der Waals surface area contributed by atoms with Crippen molar-refractivity contribution in [3.8, 4) is 5.75 Å². The smallest absolute Gasteiger partial charge is 0.419 e. The molecule has 108 valence electrons. The monoisotopic (exact) mass is 306 g/mol. The van der Waals surface area contributed by atoms with Crippen LogP contribution in [0.3, 0.4) is 0 Å². The molecule has 0 saturated carbocycles. The molecule has 0 aliphatic heterocycles. The zero-order valence-electron chi connectivity index (χ0n) is 10.2. The maximum atomic E-state index is 13.5. The summed E-state index contributed by atoms with van der Waals surface area (Å²) in [7, 11) is 1.41. The Kier molecular flexibility index (Phi) is 4.01. The van der Waals surface area contributed by atoms with Gasteiger partial charge in [-0.25, -0.2) is 4.39 Å². The maximum absolute atomic E-state index is 13.5. The molecule has 7 heteroatoms. The molecular formula is C13H10F4O2S. The Morgan fingerprint density at radius 1 is 1.25 bits per heavy atom. The highest BCUT2D eigenvalue weighted by Crippen LogP contribution is 2.37. The van der Waals surface area contributed by atoms with Gasteiger partial charge in [0.05, 0.1) is 17.6 Å². The standard InChI is InChI=1S/C13H10F4O2S/c1-19-10-4-5-20-12(10)11(18)7-2-3-8(9(14)6-7)13(15,16)17/h2-6,11,18H,1H3.